The average Bonchev–Trinajstić information content (AvgIpc) is 2.38. The Morgan fingerprint density at radius 3 is 3.05 bits per heavy atom. The van der Waals surface area contributed by atoms with Crippen LogP contribution in [0.25, 0.3) is 11.4 Å². The number of nitrogens with zero attached hydrogens (tertiary/aromatic N) is 1. The topological polar surface area (TPSA) is 55.0 Å². The van der Waals surface area contributed by atoms with E-state index in [0.717, 1.165) is 15.7 Å². The van der Waals surface area contributed by atoms with Gasteiger partial charge in [-0.2, -0.15) is 0 Å². The molecule has 0 fully saturated rings. The molecule has 0 saturated heterocycles. The molecule has 0 spiro atoms. The minimum atomic E-state index is -0.154. The summed E-state index contributed by atoms with van der Waals surface area (Å²) in [5, 5.41) is 0.546. The Balaban J connectivity index is 2.15. The van der Waals surface area contributed by atoms with Crippen LogP contribution in [0, 0.1) is 0 Å². The van der Waals surface area contributed by atoms with Gasteiger partial charge in [0, 0.05) is 16.5 Å². The lowest BCUT2D eigenvalue weighted by Gasteiger charge is -2.15. The number of hydrogen-bond donors (Lipinski definition) is 1. The number of benzene rings is 1. The van der Waals surface area contributed by atoms with E-state index in [9.17, 15) is 4.79 Å². The molecule has 1 aromatic carbocycles. The summed E-state index contributed by atoms with van der Waals surface area (Å²) in [6.45, 7) is 0.920. The molecule has 0 radical (unpaired) electrons. The van der Waals surface area contributed by atoms with Crippen LogP contribution in [0.3, 0.4) is 0 Å². The predicted molar refractivity (Wildman–Crippen MR) is 76.4 cm³/mol. The summed E-state index contributed by atoms with van der Waals surface area (Å²) in [5.74, 6) is 0.503. The molecule has 19 heavy (non-hydrogen) atoms. The molecular formula is C13H10BrClN2O2. The van der Waals surface area contributed by atoms with Crippen molar-refractivity contribution in [2.45, 2.75) is 13.0 Å². The molecule has 1 N–H and O–H groups in total. The molecule has 1 aliphatic heterocycles. The third-order valence-corrected chi connectivity index (χ3v) is 3.82. The average molecular weight is 342 g/mol. The highest BCUT2D eigenvalue weighted by molar-refractivity contribution is 9.10. The Bertz CT molecular complexity index is 700. The first-order valence-corrected chi connectivity index (χ1v) is 6.97. The van der Waals surface area contributed by atoms with Gasteiger partial charge in [0.1, 0.15) is 5.82 Å². The van der Waals surface area contributed by atoms with Crippen LogP contribution in [-0.4, -0.2) is 16.6 Å². The zero-order valence-corrected chi connectivity index (χ0v) is 12.2. The van der Waals surface area contributed by atoms with Gasteiger partial charge in [0.15, 0.2) is 0 Å². The fraction of sp³-hybridized carbons (Fsp3) is 0.231. The molecule has 98 valence electrons. The van der Waals surface area contributed by atoms with E-state index in [2.05, 4.69) is 25.9 Å². The second-order valence-corrected chi connectivity index (χ2v) is 5.59. The molecule has 0 atom stereocenters. The molecule has 1 aromatic heterocycles. The van der Waals surface area contributed by atoms with Gasteiger partial charge in [0.05, 0.1) is 29.5 Å². The highest BCUT2D eigenvalue weighted by Gasteiger charge is 2.17. The monoisotopic (exact) mass is 340 g/mol. The summed E-state index contributed by atoms with van der Waals surface area (Å²) < 4.78 is 6.15. The van der Waals surface area contributed by atoms with Gasteiger partial charge < -0.3 is 9.72 Å². The summed E-state index contributed by atoms with van der Waals surface area (Å²) >= 11 is 9.53. The van der Waals surface area contributed by atoms with Crippen LogP contribution in [0.1, 0.15) is 11.3 Å². The Hall–Kier alpha value is -1.17. The zero-order valence-electron chi connectivity index (χ0n) is 9.87. The summed E-state index contributed by atoms with van der Waals surface area (Å²) in [5.41, 5.74) is 1.97. The highest BCUT2D eigenvalue weighted by Crippen LogP contribution is 2.28. The van der Waals surface area contributed by atoms with Crippen LogP contribution in [0.15, 0.2) is 27.5 Å². The molecule has 0 amide bonds. The van der Waals surface area contributed by atoms with Gasteiger partial charge in [-0.25, -0.2) is 4.98 Å². The Morgan fingerprint density at radius 1 is 1.42 bits per heavy atom. The van der Waals surface area contributed by atoms with Crippen molar-refractivity contribution in [2.75, 3.05) is 6.61 Å². The van der Waals surface area contributed by atoms with Crippen LogP contribution in [0.2, 0.25) is 5.02 Å². The van der Waals surface area contributed by atoms with Gasteiger partial charge in [-0.3, -0.25) is 4.79 Å². The van der Waals surface area contributed by atoms with Gasteiger partial charge in [-0.1, -0.05) is 27.5 Å². The van der Waals surface area contributed by atoms with Crippen molar-refractivity contribution in [3.05, 3.63) is 49.3 Å². The van der Waals surface area contributed by atoms with E-state index in [1.165, 1.54) is 0 Å². The first-order valence-electron chi connectivity index (χ1n) is 5.80. The van der Waals surface area contributed by atoms with E-state index >= 15 is 0 Å². The molecule has 0 unspecified atom stereocenters. The Morgan fingerprint density at radius 2 is 2.26 bits per heavy atom. The van der Waals surface area contributed by atoms with Gasteiger partial charge in [0.2, 0.25) is 0 Å². The summed E-state index contributed by atoms with van der Waals surface area (Å²) in [7, 11) is 0. The van der Waals surface area contributed by atoms with Crippen molar-refractivity contribution in [1.29, 1.82) is 0 Å². The van der Waals surface area contributed by atoms with Crippen molar-refractivity contribution in [1.82, 2.24) is 9.97 Å². The van der Waals surface area contributed by atoms with Crippen molar-refractivity contribution in [2.24, 2.45) is 0 Å². The number of nitrogens with one attached hydrogen (secondary N) is 1. The fourth-order valence-corrected chi connectivity index (χ4v) is 2.82. The molecule has 3 rings (SSSR count). The van der Waals surface area contributed by atoms with Gasteiger partial charge in [0.25, 0.3) is 5.56 Å². The number of aromatic amines is 1. The first-order chi connectivity index (χ1) is 9.15. The molecule has 0 saturated carbocycles. The van der Waals surface area contributed by atoms with Crippen molar-refractivity contribution < 1.29 is 4.74 Å². The van der Waals surface area contributed by atoms with Crippen LogP contribution in [-0.2, 0) is 17.8 Å². The van der Waals surface area contributed by atoms with E-state index in [4.69, 9.17) is 16.3 Å². The van der Waals surface area contributed by atoms with E-state index in [1.54, 1.807) is 6.07 Å². The molecule has 2 aromatic rings. The number of halogens is 2. The minimum absolute atomic E-state index is 0.154. The lowest BCUT2D eigenvalue weighted by Crippen LogP contribution is -2.24. The van der Waals surface area contributed by atoms with E-state index in [-0.39, 0.29) is 5.56 Å². The number of fused-ring (bicyclic) bond motifs is 1. The number of ether oxygens (including phenoxy) is 1. The third kappa shape index (κ3) is 2.45. The first kappa shape index (κ1) is 12.8. The van der Waals surface area contributed by atoms with Gasteiger partial charge >= 0.3 is 0 Å². The molecule has 0 bridgehead atoms. The van der Waals surface area contributed by atoms with Crippen LogP contribution in [0.5, 0.6) is 0 Å². The standard InChI is InChI=1S/C13H10BrClN2O2/c14-7-1-2-8(10(15)5-7)12-16-11-3-4-19-6-9(11)13(18)17-12/h1-2,5H,3-4,6H2,(H,16,17,18). The molecule has 1 aliphatic rings. The van der Waals surface area contributed by atoms with Crippen LogP contribution in [0.4, 0.5) is 0 Å². The minimum Gasteiger partial charge on any atom is -0.376 e. The Kier molecular flexibility index (Phi) is 3.43. The highest BCUT2D eigenvalue weighted by atomic mass is 79.9. The van der Waals surface area contributed by atoms with Crippen molar-refractivity contribution >= 4 is 27.5 Å². The maximum atomic E-state index is 12.0. The normalized spacial score (nSPS) is 14.2. The molecule has 6 heteroatoms. The SMILES string of the molecule is O=c1[nH]c(-c2ccc(Br)cc2Cl)nc2c1COCC2. The molecule has 4 nitrogen and oxygen atoms in total. The maximum absolute atomic E-state index is 12.0. The molecule has 0 aliphatic carbocycles. The van der Waals surface area contributed by atoms with Crippen LogP contribution >= 0.6 is 27.5 Å². The fourth-order valence-electron chi connectivity index (χ4n) is 2.05. The number of H-pyrrole nitrogens is 1. The molecular weight excluding hydrogens is 332 g/mol. The van der Waals surface area contributed by atoms with Gasteiger partial charge in [-0.15, -0.1) is 0 Å². The van der Waals surface area contributed by atoms with Gasteiger partial charge in [-0.05, 0) is 18.2 Å². The number of rotatable bonds is 1. The van der Waals surface area contributed by atoms with Crippen molar-refractivity contribution in [3.8, 4) is 11.4 Å². The smallest absolute Gasteiger partial charge is 0.256 e. The Labute approximate surface area is 122 Å². The van der Waals surface area contributed by atoms with Crippen LogP contribution < -0.4 is 5.56 Å². The quantitative estimate of drug-likeness (QED) is 0.867. The second kappa shape index (κ2) is 5.07. The number of hydrogen-bond acceptors (Lipinski definition) is 3. The lowest BCUT2D eigenvalue weighted by molar-refractivity contribution is 0.108. The molecule has 2 heterocycles. The van der Waals surface area contributed by atoms with Crippen molar-refractivity contribution in [3.63, 3.8) is 0 Å². The summed E-state index contributed by atoms with van der Waals surface area (Å²) in [6.07, 6.45) is 0.653. The van der Waals surface area contributed by atoms with E-state index in [0.29, 0.717) is 36.0 Å². The lowest BCUT2D eigenvalue weighted by atomic mass is 10.1. The zero-order chi connectivity index (χ0) is 13.4. The second-order valence-electron chi connectivity index (χ2n) is 4.27. The summed E-state index contributed by atoms with van der Waals surface area (Å²) in [4.78, 5) is 19.3. The largest absolute Gasteiger partial charge is 0.376 e. The maximum Gasteiger partial charge on any atom is 0.256 e. The predicted octanol–water partition coefficient (Wildman–Crippen LogP) is 2.93. The van der Waals surface area contributed by atoms with E-state index < -0.39 is 0 Å². The van der Waals surface area contributed by atoms with E-state index in [1.807, 2.05) is 12.1 Å². The number of aromatic nitrogens is 2. The summed E-state index contributed by atoms with van der Waals surface area (Å²) in [6, 6.07) is 5.47. The third-order valence-electron chi connectivity index (χ3n) is 3.02.